The Labute approximate surface area is 166 Å². The van der Waals surface area contributed by atoms with Crippen LogP contribution in [0.3, 0.4) is 0 Å². The summed E-state index contributed by atoms with van der Waals surface area (Å²) in [5, 5.41) is -0.0977. The maximum Gasteiger partial charge on any atom is 0.307 e. The lowest BCUT2D eigenvalue weighted by Gasteiger charge is -2.33. The molecular formula is C18H30N4O5S. The molecule has 0 saturated heterocycles. The van der Waals surface area contributed by atoms with Crippen molar-refractivity contribution in [1.82, 2.24) is 19.2 Å². The lowest BCUT2D eigenvalue weighted by Crippen LogP contribution is -2.41. The number of ether oxygens (including phenoxy) is 1. The quantitative estimate of drug-likeness (QED) is 0.635. The molecule has 1 aromatic rings. The van der Waals surface area contributed by atoms with Gasteiger partial charge < -0.3 is 14.2 Å². The third kappa shape index (κ3) is 6.03. The molecule has 0 atom stereocenters. The smallest absolute Gasteiger partial charge is 0.307 e. The minimum absolute atomic E-state index is 0.0977. The second-order valence-electron chi connectivity index (χ2n) is 7.46. The molecule has 9 nitrogen and oxygen atoms in total. The molecule has 2 rings (SSSR count). The molecule has 0 aromatic carbocycles. The molecule has 1 heterocycles. The fraction of sp³-hybridized carbons (Fsp3) is 0.722. The molecule has 1 aliphatic rings. The van der Waals surface area contributed by atoms with Gasteiger partial charge in [-0.25, -0.2) is 18.1 Å². The van der Waals surface area contributed by atoms with Crippen LogP contribution >= 0.6 is 0 Å². The molecule has 1 aromatic heterocycles. The molecule has 0 spiro atoms. The third-order valence-electron chi connectivity index (χ3n) is 5.27. The highest BCUT2D eigenvalue weighted by Gasteiger charge is 2.25. The van der Waals surface area contributed by atoms with Gasteiger partial charge in [-0.3, -0.25) is 9.59 Å². The molecule has 1 aliphatic carbocycles. The Hall–Kier alpha value is -1.94. The van der Waals surface area contributed by atoms with Crippen molar-refractivity contribution in [3.63, 3.8) is 0 Å². The summed E-state index contributed by atoms with van der Waals surface area (Å²) >= 11 is 0. The second-order valence-corrected chi connectivity index (χ2v) is 9.18. The van der Waals surface area contributed by atoms with Crippen LogP contribution in [-0.2, 0) is 31.4 Å². The molecule has 1 amide bonds. The Bertz CT molecular complexity index is 777. The van der Waals surface area contributed by atoms with Crippen LogP contribution in [-0.4, -0.2) is 61.0 Å². The van der Waals surface area contributed by atoms with Gasteiger partial charge in [-0.15, -0.1) is 0 Å². The molecule has 0 unspecified atom stereocenters. The molecule has 0 bridgehead atoms. The van der Waals surface area contributed by atoms with E-state index in [1.807, 2.05) is 0 Å². The van der Waals surface area contributed by atoms with E-state index in [4.69, 9.17) is 4.74 Å². The fourth-order valence-electron chi connectivity index (χ4n) is 3.17. The van der Waals surface area contributed by atoms with Crippen LogP contribution in [0.25, 0.3) is 0 Å². The Kier molecular flexibility index (Phi) is 7.59. The molecular weight excluding hydrogens is 384 g/mol. The first-order valence-electron chi connectivity index (χ1n) is 9.51. The number of aryl methyl sites for hydroxylation is 2. The van der Waals surface area contributed by atoms with Crippen LogP contribution in [0.4, 0.5) is 0 Å². The van der Waals surface area contributed by atoms with Crippen LogP contribution in [0.1, 0.15) is 44.9 Å². The van der Waals surface area contributed by atoms with Gasteiger partial charge in [-0.05, 0) is 38.5 Å². The zero-order valence-corrected chi connectivity index (χ0v) is 17.8. The number of sulfonamides is 1. The maximum absolute atomic E-state index is 12.2. The molecule has 0 aliphatic heterocycles. The first-order chi connectivity index (χ1) is 13.1. The number of carbonyl (C=O) groups is 2. The minimum Gasteiger partial charge on any atom is -0.456 e. The highest BCUT2D eigenvalue weighted by atomic mass is 32.2. The highest BCUT2D eigenvalue weighted by molar-refractivity contribution is 7.89. The van der Waals surface area contributed by atoms with Crippen molar-refractivity contribution < 1.29 is 22.7 Å². The van der Waals surface area contributed by atoms with E-state index in [0.717, 1.165) is 25.7 Å². The predicted octanol–water partition coefficient (Wildman–Crippen LogP) is 0.977. The number of hydrogen-bond donors (Lipinski definition) is 1. The van der Waals surface area contributed by atoms with E-state index in [9.17, 15) is 18.0 Å². The first-order valence-corrected chi connectivity index (χ1v) is 11.0. The van der Waals surface area contributed by atoms with E-state index in [-0.39, 0.29) is 36.5 Å². The summed E-state index contributed by atoms with van der Waals surface area (Å²) in [4.78, 5) is 29.6. The summed E-state index contributed by atoms with van der Waals surface area (Å²) in [6.07, 6.45) is 5.35. The normalized spacial score (nSPS) is 20.0. The zero-order valence-electron chi connectivity index (χ0n) is 17.0. The summed E-state index contributed by atoms with van der Waals surface area (Å²) in [5.41, 5.74) is 0. The van der Waals surface area contributed by atoms with E-state index >= 15 is 0 Å². The summed E-state index contributed by atoms with van der Waals surface area (Å²) < 4.78 is 33.2. The summed E-state index contributed by atoms with van der Waals surface area (Å²) in [7, 11) is -0.355. The predicted molar refractivity (Wildman–Crippen MR) is 103 cm³/mol. The Morgan fingerprint density at radius 2 is 1.96 bits per heavy atom. The van der Waals surface area contributed by atoms with E-state index < -0.39 is 16.0 Å². The Morgan fingerprint density at radius 3 is 2.54 bits per heavy atom. The van der Waals surface area contributed by atoms with Crippen LogP contribution in [0.15, 0.2) is 11.2 Å². The Morgan fingerprint density at radius 1 is 1.32 bits per heavy atom. The standard InChI is InChI=1S/C18H30N4O5S/c1-13-5-7-15(8-6-13)22(4)17(23)12-27-18(24)9-10-19-28(25,26)16-11-21(3)14(2)20-16/h11,13,15,19H,5-10,12H2,1-4H3. The number of likely N-dealkylation sites (N-methyl/N-ethyl adjacent to an activating group) is 1. The number of hydrogen-bond acceptors (Lipinski definition) is 6. The number of rotatable bonds is 8. The van der Waals surface area contributed by atoms with Crippen molar-refractivity contribution in [2.24, 2.45) is 13.0 Å². The second kappa shape index (κ2) is 9.51. The molecule has 158 valence electrons. The van der Waals surface area contributed by atoms with E-state index in [0.29, 0.717) is 11.7 Å². The average molecular weight is 415 g/mol. The van der Waals surface area contributed by atoms with Crippen LogP contribution in [0, 0.1) is 12.8 Å². The van der Waals surface area contributed by atoms with Crippen molar-refractivity contribution in [3.8, 4) is 0 Å². The van der Waals surface area contributed by atoms with Gasteiger partial charge in [0.2, 0.25) is 0 Å². The molecule has 28 heavy (non-hydrogen) atoms. The monoisotopic (exact) mass is 414 g/mol. The minimum atomic E-state index is -3.79. The van der Waals surface area contributed by atoms with Crippen molar-refractivity contribution in [2.45, 2.75) is 57.0 Å². The SMILES string of the molecule is Cc1nc(S(=O)(=O)NCCC(=O)OCC(=O)N(C)C2CCC(C)CC2)cn1C. The van der Waals surface area contributed by atoms with E-state index in [2.05, 4.69) is 16.6 Å². The van der Waals surface area contributed by atoms with Crippen molar-refractivity contribution >= 4 is 21.9 Å². The number of aromatic nitrogens is 2. The third-order valence-corrected chi connectivity index (χ3v) is 6.60. The topological polar surface area (TPSA) is 111 Å². The number of carbonyl (C=O) groups excluding carboxylic acids is 2. The lowest BCUT2D eigenvalue weighted by molar-refractivity contribution is -0.152. The maximum atomic E-state index is 12.2. The summed E-state index contributed by atoms with van der Waals surface area (Å²) in [6.45, 7) is 3.45. The zero-order chi connectivity index (χ0) is 20.9. The molecule has 1 fully saturated rings. The summed E-state index contributed by atoms with van der Waals surface area (Å²) in [6, 6.07) is 0.191. The van der Waals surface area contributed by atoms with Crippen LogP contribution in [0.2, 0.25) is 0 Å². The van der Waals surface area contributed by atoms with E-state index in [1.165, 1.54) is 6.20 Å². The van der Waals surface area contributed by atoms with E-state index in [1.54, 1.807) is 30.5 Å². The number of imidazole rings is 1. The largest absolute Gasteiger partial charge is 0.456 e. The van der Waals surface area contributed by atoms with Gasteiger partial charge in [-0.2, -0.15) is 0 Å². The van der Waals surface area contributed by atoms with Gasteiger partial charge in [0.25, 0.3) is 15.9 Å². The number of nitrogens with one attached hydrogen (secondary N) is 1. The lowest BCUT2D eigenvalue weighted by atomic mass is 9.87. The van der Waals surface area contributed by atoms with Gasteiger partial charge in [0.15, 0.2) is 11.6 Å². The first kappa shape index (κ1) is 22.4. The van der Waals surface area contributed by atoms with Gasteiger partial charge in [0.1, 0.15) is 5.82 Å². The van der Waals surface area contributed by atoms with Crippen molar-refractivity contribution in [2.75, 3.05) is 20.2 Å². The van der Waals surface area contributed by atoms with Crippen molar-refractivity contribution in [1.29, 1.82) is 0 Å². The van der Waals surface area contributed by atoms with Gasteiger partial charge in [0, 0.05) is 32.9 Å². The molecule has 0 radical (unpaired) electrons. The Balaban J connectivity index is 1.71. The molecule has 10 heteroatoms. The summed E-state index contributed by atoms with van der Waals surface area (Å²) in [5.74, 6) is 0.391. The van der Waals surface area contributed by atoms with Gasteiger partial charge in [0.05, 0.1) is 6.42 Å². The van der Waals surface area contributed by atoms with Crippen molar-refractivity contribution in [3.05, 3.63) is 12.0 Å². The number of esters is 1. The number of amides is 1. The van der Waals surface area contributed by atoms with Crippen LogP contribution in [0.5, 0.6) is 0 Å². The highest BCUT2D eigenvalue weighted by Crippen LogP contribution is 2.26. The molecule has 1 saturated carbocycles. The van der Waals surface area contributed by atoms with Gasteiger partial charge in [-0.1, -0.05) is 6.92 Å². The van der Waals surface area contributed by atoms with Gasteiger partial charge >= 0.3 is 5.97 Å². The molecule has 1 N–H and O–H groups in total. The average Bonchev–Trinajstić information content (AvgIpc) is 2.99. The van der Waals surface area contributed by atoms with Crippen LogP contribution < -0.4 is 4.72 Å². The fourth-order valence-corrected chi connectivity index (χ4v) is 4.23. The number of nitrogens with zero attached hydrogens (tertiary/aromatic N) is 3.